The number of aromatic nitrogens is 3. The number of rotatable bonds is 32. The van der Waals surface area contributed by atoms with E-state index in [1.54, 1.807) is 29.4 Å². The van der Waals surface area contributed by atoms with Crippen LogP contribution in [0, 0.1) is 5.82 Å². The highest BCUT2D eigenvalue weighted by Crippen LogP contribution is 2.37. The molecule has 2 aliphatic carbocycles. The van der Waals surface area contributed by atoms with Gasteiger partial charge in [0, 0.05) is 60.6 Å². The van der Waals surface area contributed by atoms with Crippen LogP contribution in [0.5, 0.6) is 11.5 Å². The average Bonchev–Trinajstić information content (AvgIpc) is 1.69. The molecule has 0 radical (unpaired) electrons. The van der Waals surface area contributed by atoms with Crippen LogP contribution >= 0.6 is 0 Å². The van der Waals surface area contributed by atoms with Gasteiger partial charge in [0.25, 0.3) is 5.89 Å². The van der Waals surface area contributed by atoms with Crippen LogP contribution in [0.3, 0.4) is 0 Å². The summed E-state index contributed by atoms with van der Waals surface area (Å²) in [7, 11) is 4.19. The minimum Gasteiger partial charge on any atom is -0.491 e. The van der Waals surface area contributed by atoms with Crippen LogP contribution in [-0.2, 0) is 48.2 Å². The van der Waals surface area contributed by atoms with Crippen molar-refractivity contribution in [3.05, 3.63) is 126 Å². The topological polar surface area (TPSA) is 283 Å². The summed E-state index contributed by atoms with van der Waals surface area (Å²) in [5.74, 6) is 4.55. The lowest BCUT2D eigenvalue weighted by Crippen LogP contribution is -2.36. The molecular weight excluding hydrogens is 1160 g/mol. The summed E-state index contributed by atoms with van der Waals surface area (Å²) in [6, 6.07) is 26.6. The zero-order valence-corrected chi connectivity index (χ0v) is 51.2. The number of alkyl halides is 3. The van der Waals surface area contributed by atoms with E-state index in [1.165, 1.54) is 49.7 Å². The van der Waals surface area contributed by atoms with E-state index >= 15 is 0 Å². The molecule has 2 saturated carbocycles. The number of carbonyl (C=O) groups is 3. The molecule has 0 unspecified atom stereocenters. The van der Waals surface area contributed by atoms with Gasteiger partial charge < -0.3 is 80.0 Å². The number of hydrogen-bond donors (Lipinski definition) is 7. The maximum absolute atomic E-state index is 14.1. The van der Waals surface area contributed by atoms with Gasteiger partial charge in [0.15, 0.2) is 5.82 Å². The Hall–Kier alpha value is -8.01. The molecule has 486 valence electrons. The molecule has 0 saturated heterocycles. The fourth-order valence-electron chi connectivity index (χ4n) is 9.78. The van der Waals surface area contributed by atoms with Gasteiger partial charge in [-0.15, -0.1) is 10.2 Å². The van der Waals surface area contributed by atoms with Gasteiger partial charge in [-0.2, -0.15) is 13.2 Å². The number of benzene rings is 4. The van der Waals surface area contributed by atoms with Crippen molar-refractivity contribution in [2.75, 3.05) is 96.0 Å². The number of halogens is 4. The van der Waals surface area contributed by atoms with E-state index < -0.39 is 30.4 Å². The first-order valence-electron chi connectivity index (χ1n) is 29.9. The maximum atomic E-state index is 14.1. The van der Waals surface area contributed by atoms with E-state index in [2.05, 4.69) is 50.5 Å². The Kier molecular flexibility index (Phi) is 29.2. The lowest BCUT2D eigenvalue weighted by molar-refractivity contribution is -0.139. The molecule has 6 aromatic rings. The van der Waals surface area contributed by atoms with Crippen molar-refractivity contribution >= 4 is 46.2 Å². The quantitative estimate of drug-likeness (QED) is 0.00681. The molecule has 10 N–H and O–H groups in total. The van der Waals surface area contributed by atoms with Gasteiger partial charge in [0.1, 0.15) is 42.6 Å². The second-order valence-corrected chi connectivity index (χ2v) is 21.5. The summed E-state index contributed by atoms with van der Waals surface area (Å²) >= 11 is 0. The predicted octanol–water partition coefficient (Wildman–Crippen LogP) is 9.12. The molecule has 89 heavy (non-hydrogen) atoms. The lowest BCUT2D eigenvalue weighted by Gasteiger charge is -2.33. The molecule has 2 aromatic heterocycles. The number of primary amides is 1. The number of fused-ring (bicyclic) bond motifs is 1. The van der Waals surface area contributed by atoms with Crippen LogP contribution in [-0.4, -0.2) is 147 Å². The van der Waals surface area contributed by atoms with E-state index in [1.807, 2.05) is 67.6 Å². The fourth-order valence-corrected chi connectivity index (χ4v) is 9.78. The number of amides is 3. The fraction of sp³-hybridized carbons (Fsp3) is 0.476. The Morgan fingerprint density at radius 1 is 0.820 bits per heavy atom. The lowest BCUT2D eigenvalue weighted by atomic mass is 9.90. The number of anilines is 3. The van der Waals surface area contributed by atoms with E-state index in [-0.39, 0.29) is 53.7 Å². The van der Waals surface area contributed by atoms with Gasteiger partial charge in [-0.3, -0.25) is 14.4 Å². The standard InChI is InChI=1S/C36H48F3N7O6.C16H15FN2O3.C11H23N3O/c1-45(2)28-10-6-27(7-11-28)42-31-4-3-5-32-30(31)22-33(46(32)24-36(37,38)39)35-44-43-34(52-35)23-41-26-8-12-29(13-9-26)51-21-20-50-19-18-49-17-16-48-15-14-40-25-47;1-10(20)19-15-13(17)7-12(16(18)21)8-14(15)22-9-11-5-3-2-4-6-11;1-2-14(13)8-10(12)9-15-11-6-4-3-5-7-11/h3-5,8-9,12-13,22,25,27-28,41-42H,6-7,10-11,14-21,23-24H2,1-2H3,(H,40,47);2-8H,9H2,1H3,(H2,18,21)(H,19,20);8,11H,2-7,9,12-13H2,1H3/b;;10-8-. The highest BCUT2D eigenvalue weighted by atomic mass is 19.4. The predicted molar refractivity (Wildman–Crippen MR) is 332 cm³/mol. The van der Waals surface area contributed by atoms with E-state index in [4.69, 9.17) is 50.1 Å². The van der Waals surface area contributed by atoms with Crippen LogP contribution in [0.15, 0.2) is 107 Å². The monoisotopic (exact) mass is 1250 g/mol. The van der Waals surface area contributed by atoms with Crippen LogP contribution < -0.4 is 48.1 Å². The second-order valence-electron chi connectivity index (χ2n) is 21.5. The van der Waals surface area contributed by atoms with E-state index in [0.717, 1.165) is 55.2 Å². The summed E-state index contributed by atoms with van der Waals surface area (Å²) in [5, 5.41) is 22.1. The molecule has 2 aliphatic rings. The molecule has 0 bridgehead atoms. The second kappa shape index (κ2) is 37.1. The smallest absolute Gasteiger partial charge is 0.406 e. The Labute approximate surface area is 517 Å². The molecule has 3 amide bonds. The van der Waals surface area contributed by atoms with Gasteiger partial charge in [0.2, 0.25) is 24.1 Å². The number of nitrogens with zero attached hydrogens (tertiary/aromatic N) is 5. The third-order valence-electron chi connectivity index (χ3n) is 14.4. The highest BCUT2D eigenvalue weighted by molar-refractivity contribution is 5.97. The van der Waals surface area contributed by atoms with Crippen LogP contribution in [0.4, 0.5) is 34.6 Å². The Balaban J connectivity index is 0.000000277. The molecule has 26 heteroatoms. The summed E-state index contributed by atoms with van der Waals surface area (Å²) in [5.41, 5.74) is 14.6. The molecule has 2 fully saturated rings. The van der Waals surface area contributed by atoms with Gasteiger partial charge in [-0.25, -0.2) is 10.2 Å². The van der Waals surface area contributed by atoms with Crippen LogP contribution in [0.1, 0.15) is 93.4 Å². The maximum Gasteiger partial charge on any atom is 0.406 e. The van der Waals surface area contributed by atoms with Crippen molar-refractivity contribution in [1.29, 1.82) is 0 Å². The van der Waals surface area contributed by atoms with Crippen molar-refractivity contribution in [2.45, 2.75) is 116 Å². The Morgan fingerprint density at radius 3 is 2.15 bits per heavy atom. The van der Waals surface area contributed by atoms with Crippen molar-refractivity contribution in [3.8, 4) is 23.1 Å². The molecule has 8 rings (SSSR count). The third-order valence-corrected chi connectivity index (χ3v) is 14.4. The molecule has 4 aromatic carbocycles. The van der Waals surface area contributed by atoms with Crippen molar-refractivity contribution < 1.29 is 64.8 Å². The molecule has 22 nitrogen and oxygen atoms in total. The SMILES string of the molecule is CC(=O)Nc1c(F)cc(C(N)=O)cc1OCc1ccccc1.CCN(N)/C=C(\N)COC1CCCCC1.CN(C)C1CCC(Nc2cccc3c2cc(-c2nnc(CNc4ccc(OCCOCCOCCOCCNC=O)cc4)o2)n3CC(F)(F)F)CC1. The summed E-state index contributed by atoms with van der Waals surface area (Å²) in [6.07, 6.45) is 8.68. The van der Waals surface area contributed by atoms with Crippen molar-refractivity contribution in [2.24, 2.45) is 17.3 Å². The van der Waals surface area contributed by atoms with Gasteiger partial charge in [-0.05, 0) is 120 Å². The van der Waals surface area contributed by atoms with E-state index in [0.29, 0.717) is 100 Å². The molecular formula is C63H86F4N12O10. The molecule has 2 heterocycles. The van der Waals surface area contributed by atoms with Gasteiger partial charge >= 0.3 is 6.18 Å². The summed E-state index contributed by atoms with van der Waals surface area (Å²) in [6.45, 7) is 7.06. The number of nitrogens with one attached hydrogen (secondary N) is 4. The Morgan fingerprint density at radius 2 is 1.51 bits per heavy atom. The summed E-state index contributed by atoms with van der Waals surface area (Å²) in [4.78, 5) is 34.8. The van der Waals surface area contributed by atoms with Crippen molar-refractivity contribution in [3.63, 3.8) is 0 Å². The zero-order valence-electron chi connectivity index (χ0n) is 51.2. The van der Waals surface area contributed by atoms with Crippen LogP contribution in [0.2, 0.25) is 0 Å². The van der Waals surface area contributed by atoms with Gasteiger partial charge in [0.05, 0.1) is 70.1 Å². The first kappa shape index (κ1) is 70.1. The first-order valence-corrected chi connectivity index (χ1v) is 29.9. The summed E-state index contributed by atoms with van der Waals surface area (Å²) < 4.78 is 95.8. The van der Waals surface area contributed by atoms with Gasteiger partial charge in [-0.1, -0.05) is 55.7 Å². The molecule has 0 atom stereocenters. The number of carbonyl (C=O) groups excluding carboxylic acids is 3. The number of nitrogens with two attached hydrogens (primary N) is 3. The number of hydrazine groups is 1. The molecule has 0 aliphatic heterocycles. The third kappa shape index (κ3) is 24.8. The number of hydrogen-bond acceptors (Lipinski definition) is 18. The Bertz CT molecular complexity index is 3100. The van der Waals surface area contributed by atoms with Crippen molar-refractivity contribution in [1.82, 2.24) is 30.0 Å². The minimum atomic E-state index is -4.45. The highest BCUT2D eigenvalue weighted by Gasteiger charge is 2.32. The zero-order chi connectivity index (χ0) is 64.0. The average molecular weight is 1250 g/mol. The normalized spacial score (nSPS) is 15.3. The number of ether oxygens (including phenoxy) is 6. The van der Waals surface area contributed by atoms with Crippen LogP contribution in [0.25, 0.3) is 22.5 Å². The molecule has 0 spiro atoms. The van der Waals surface area contributed by atoms with E-state index in [9.17, 15) is 31.9 Å². The largest absolute Gasteiger partial charge is 0.491 e. The minimum absolute atomic E-state index is 0.0152. The first-order chi connectivity index (χ1) is 42.9.